The van der Waals surface area contributed by atoms with E-state index in [1.54, 1.807) is 12.1 Å². The van der Waals surface area contributed by atoms with Crippen LogP contribution in [0.2, 0.25) is 0 Å². The largest absolute Gasteiger partial charge is 0.508 e. The summed E-state index contributed by atoms with van der Waals surface area (Å²) in [5, 5.41) is 36.1. The molecule has 0 spiro atoms. The van der Waals surface area contributed by atoms with Gasteiger partial charge in [-0.1, -0.05) is 12.1 Å². The molecule has 3 amide bonds. The van der Waals surface area contributed by atoms with Crippen LogP contribution in [0, 0.1) is 5.92 Å². The molecule has 11 heteroatoms. The first kappa shape index (κ1) is 23.9. The van der Waals surface area contributed by atoms with E-state index in [-0.39, 0.29) is 37.2 Å². The van der Waals surface area contributed by atoms with Crippen LogP contribution >= 0.6 is 0 Å². The summed E-state index contributed by atoms with van der Waals surface area (Å²) >= 11 is 0. The van der Waals surface area contributed by atoms with Crippen LogP contribution in [-0.2, 0) is 20.8 Å². The third-order valence-corrected chi connectivity index (χ3v) is 5.06. The number of carboxylic acids is 2. The molecule has 1 fully saturated rings. The number of urea groups is 1. The van der Waals surface area contributed by atoms with E-state index < -0.39 is 29.9 Å². The van der Waals surface area contributed by atoms with Crippen molar-refractivity contribution in [3.05, 3.63) is 29.8 Å². The number of aliphatic carboxylic acids is 2. The Labute approximate surface area is 179 Å². The van der Waals surface area contributed by atoms with Crippen molar-refractivity contribution >= 4 is 23.9 Å². The number of amides is 3. The maximum atomic E-state index is 12.4. The van der Waals surface area contributed by atoms with Crippen LogP contribution in [0.3, 0.4) is 0 Å². The van der Waals surface area contributed by atoms with Gasteiger partial charge in [-0.25, -0.2) is 9.59 Å². The Morgan fingerprint density at radius 3 is 2.39 bits per heavy atom. The summed E-state index contributed by atoms with van der Waals surface area (Å²) in [6.45, 7) is 0.364. The Morgan fingerprint density at radius 1 is 1.16 bits per heavy atom. The number of nitrogens with zero attached hydrogens (tertiary/aromatic N) is 1. The Kier molecular flexibility index (Phi) is 8.62. The molecule has 6 N–H and O–H groups in total. The third-order valence-electron chi connectivity index (χ3n) is 5.06. The van der Waals surface area contributed by atoms with Crippen LogP contribution in [0.25, 0.3) is 0 Å². The molecule has 11 nitrogen and oxygen atoms in total. The van der Waals surface area contributed by atoms with Gasteiger partial charge in [0.15, 0.2) is 0 Å². The van der Waals surface area contributed by atoms with Crippen molar-refractivity contribution in [2.24, 2.45) is 5.92 Å². The van der Waals surface area contributed by atoms with Gasteiger partial charge in [0.05, 0.1) is 12.0 Å². The fourth-order valence-electron chi connectivity index (χ4n) is 3.23. The lowest BCUT2D eigenvalue weighted by molar-refractivity contribution is -0.142. The van der Waals surface area contributed by atoms with Crippen molar-refractivity contribution in [3.8, 4) is 5.75 Å². The van der Waals surface area contributed by atoms with E-state index in [0.29, 0.717) is 12.0 Å². The minimum Gasteiger partial charge on any atom is -0.508 e. The molecule has 1 aromatic carbocycles. The SMILES string of the molecule is CN(C[C@H](CNC(=O)[C@@H]1CCCN1)C(=O)O)C(=O)N[C@@H](Cc1ccc(O)cc1)C(=O)O. The van der Waals surface area contributed by atoms with Gasteiger partial charge < -0.3 is 36.2 Å². The maximum absolute atomic E-state index is 12.4. The summed E-state index contributed by atoms with van der Waals surface area (Å²) in [4.78, 5) is 48.7. The van der Waals surface area contributed by atoms with Crippen molar-refractivity contribution in [3.63, 3.8) is 0 Å². The molecule has 0 radical (unpaired) electrons. The lowest BCUT2D eigenvalue weighted by atomic mass is 10.1. The Bertz CT molecular complexity index is 793. The van der Waals surface area contributed by atoms with E-state index in [2.05, 4.69) is 16.0 Å². The predicted molar refractivity (Wildman–Crippen MR) is 110 cm³/mol. The molecular formula is C20H28N4O7. The van der Waals surface area contributed by atoms with E-state index in [1.165, 1.54) is 19.2 Å². The minimum atomic E-state index is -1.25. The summed E-state index contributed by atoms with van der Waals surface area (Å²) in [5.74, 6) is -3.73. The van der Waals surface area contributed by atoms with Crippen molar-refractivity contribution in [2.45, 2.75) is 31.3 Å². The van der Waals surface area contributed by atoms with Gasteiger partial charge in [0.2, 0.25) is 5.91 Å². The molecule has 1 aromatic rings. The first-order valence-electron chi connectivity index (χ1n) is 9.93. The molecule has 1 heterocycles. The summed E-state index contributed by atoms with van der Waals surface area (Å²) in [6.07, 6.45) is 1.55. The number of carboxylic acid groups (broad SMARTS) is 2. The van der Waals surface area contributed by atoms with Crippen LogP contribution in [0.4, 0.5) is 4.79 Å². The minimum absolute atomic E-state index is 0.0119. The second kappa shape index (κ2) is 11.2. The van der Waals surface area contributed by atoms with Gasteiger partial charge in [-0.15, -0.1) is 0 Å². The highest BCUT2D eigenvalue weighted by Gasteiger charge is 2.28. The van der Waals surface area contributed by atoms with Gasteiger partial charge in [0.25, 0.3) is 0 Å². The summed E-state index contributed by atoms with van der Waals surface area (Å²) in [5.41, 5.74) is 0.597. The van der Waals surface area contributed by atoms with Crippen LogP contribution in [0.15, 0.2) is 24.3 Å². The zero-order chi connectivity index (χ0) is 23.0. The van der Waals surface area contributed by atoms with Gasteiger partial charge in [-0.05, 0) is 37.1 Å². The molecule has 0 aliphatic carbocycles. The van der Waals surface area contributed by atoms with E-state index in [0.717, 1.165) is 17.9 Å². The van der Waals surface area contributed by atoms with Gasteiger partial charge in [0, 0.05) is 26.6 Å². The number of aromatic hydroxyl groups is 1. The number of nitrogens with one attached hydrogen (secondary N) is 3. The summed E-state index contributed by atoms with van der Waals surface area (Å²) in [6, 6.07) is 3.58. The quantitative estimate of drug-likeness (QED) is 0.288. The fourth-order valence-corrected chi connectivity index (χ4v) is 3.23. The topological polar surface area (TPSA) is 168 Å². The molecule has 2 rings (SSSR count). The second-order valence-electron chi connectivity index (χ2n) is 7.52. The van der Waals surface area contributed by atoms with Crippen LogP contribution in [0.1, 0.15) is 18.4 Å². The smallest absolute Gasteiger partial charge is 0.326 e. The fraction of sp³-hybridized carbons (Fsp3) is 0.500. The van der Waals surface area contributed by atoms with Crippen molar-refractivity contribution < 1.29 is 34.5 Å². The van der Waals surface area contributed by atoms with Crippen LogP contribution in [0.5, 0.6) is 5.75 Å². The molecule has 0 saturated carbocycles. The Balaban J connectivity index is 1.90. The lowest BCUT2D eigenvalue weighted by Gasteiger charge is -2.24. The van der Waals surface area contributed by atoms with Crippen molar-refractivity contribution in [2.75, 3.05) is 26.7 Å². The number of hydrogen-bond donors (Lipinski definition) is 6. The lowest BCUT2D eigenvalue weighted by Crippen LogP contribution is -2.50. The van der Waals surface area contributed by atoms with Gasteiger partial charge >= 0.3 is 18.0 Å². The van der Waals surface area contributed by atoms with E-state index >= 15 is 0 Å². The monoisotopic (exact) mass is 436 g/mol. The Hall–Kier alpha value is -3.34. The average molecular weight is 436 g/mol. The molecular weight excluding hydrogens is 408 g/mol. The standard InChI is InChI=1S/C20H28N4O7/c1-24(11-13(18(27)28)10-22-17(26)15-3-2-8-21-15)20(31)23-16(19(29)30)9-12-4-6-14(25)7-5-12/h4-7,13,15-16,21,25H,2-3,8-11H2,1H3,(H,22,26)(H,23,31)(H,27,28)(H,29,30)/t13-,15-,16-/m0/s1. The molecule has 1 aliphatic rings. The number of phenolic OH excluding ortho intramolecular Hbond substituents is 1. The van der Waals surface area contributed by atoms with Gasteiger partial charge in [-0.3, -0.25) is 9.59 Å². The number of rotatable bonds is 10. The zero-order valence-corrected chi connectivity index (χ0v) is 17.2. The van der Waals surface area contributed by atoms with E-state index in [1.807, 2.05) is 0 Å². The highest BCUT2D eigenvalue weighted by atomic mass is 16.4. The van der Waals surface area contributed by atoms with Crippen LogP contribution < -0.4 is 16.0 Å². The molecule has 1 saturated heterocycles. The first-order chi connectivity index (χ1) is 14.7. The number of hydrogen-bond acceptors (Lipinski definition) is 6. The molecule has 0 aromatic heterocycles. The van der Waals surface area contributed by atoms with Gasteiger partial charge in [-0.2, -0.15) is 0 Å². The van der Waals surface area contributed by atoms with Crippen molar-refractivity contribution in [1.82, 2.24) is 20.9 Å². The van der Waals surface area contributed by atoms with E-state index in [9.17, 15) is 34.5 Å². The first-order valence-corrected chi connectivity index (χ1v) is 9.93. The summed E-state index contributed by atoms with van der Waals surface area (Å²) in [7, 11) is 1.35. The number of carbonyl (C=O) groups is 4. The van der Waals surface area contributed by atoms with Gasteiger partial charge in [0.1, 0.15) is 11.8 Å². The summed E-state index contributed by atoms with van der Waals surface area (Å²) < 4.78 is 0. The predicted octanol–water partition coefficient (Wildman–Crippen LogP) is -0.402. The number of carbonyl (C=O) groups excluding carboxylic acids is 2. The zero-order valence-electron chi connectivity index (χ0n) is 17.2. The number of benzene rings is 1. The molecule has 0 bridgehead atoms. The van der Waals surface area contributed by atoms with Crippen LogP contribution in [-0.4, -0.2) is 82.9 Å². The average Bonchev–Trinajstić information content (AvgIpc) is 3.26. The Morgan fingerprint density at radius 2 is 1.84 bits per heavy atom. The van der Waals surface area contributed by atoms with E-state index in [4.69, 9.17) is 0 Å². The highest BCUT2D eigenvalue weighted by Crippen LogP contribution is 2.12. The van der Waals surface area contributed by atoms with Crippen molar-refractivity contribution in [1.29, 1.82) is 0 Å². The molecule has 0 unspecified atom stereocenters. The highest BCUT2D eigenvalue weighted by molar-refractivity contribution is 5.84. The molecule has 1 aliphatic heterocycles. The maximum Gasteiger partial charge on any atom is 0.326 e. The number of phenols is 1. The third kappa shape index (κ3) is 7.45. The molecule has 3 atom stereocenters. The normalized spacial score (nSPS) is 17.4. The second-order valence-corrected chi connectivity index (χ2v) is 7.52. The molecule has 31 heavy (non-hydrogen) atoms. The molecule has 170 valence electrons.